The van der Waals surface area contributed by atoms with Gasteiger partial charge in [-0.15, -0.1) is 22.0 Å². The van der Waals surface area contributed by atoms with E-state index in [-0.39, 0.29) is 18.3 Å². The summed E-state index contributed by atoms with van der Waals surface area (Å²) in [4.78, 5) is 12.6. The Kier molecular flexibility index (Phi) is 5.96. The molecule has 0 aliphatic carbocycles. The van der Waals surface area contributed by atoms with Gasteiger partial charge in [0.25, 0.3) is 5.89 Å². The predicted molar refractivity (Wildman–Crippen MR) is 96.7 cm³/mol. The zero-order valence-electron chi connectivity index (χ0n) is 12.8. The first kappa shape index (κ1) is 17.8. The van der Waals surface area contributed by atoms with E-state index in [4.69, 9.17) is 32.4 Å². The second kappa shape index (κ2) is 8.38. The SMILES string of the molecule is O=C(CSc1cc(Cl)ccc1Cl)OCc1nnc(-c2ccccc2)o1. The highest BCUT2D eigenvalue weighted by atomic mass is 35.5. The first-order valence-corrected chi connectivity index (χ1v) is 8.97. The molecule has 1 heterocycles. The molecule has 0 unspecified atom stereocenters. The Morgan fingerprint density at radius 2 is 1.92 bits per heavy atom. The number of hydrogen-bond acceptors (Lipinski definition) is 6. The van der Waals surface area contributed by atoms with Gasteiger partial charge in [0.1, 0.15) is 0 Å². The fourth-order valence-corrected chi connectivity index (χ4v) is 3.21. The Labute approximate surface area is 158 Å². The fraction of sp³-hybridized carbons (Fsp3) is 0.118. The maximum absolute atomic E-state index is 11.9. The van der Waals surface area contributed by atoms with Crippen molar-refractivity contribution in [2.75, 3.05) is 5.75 Å². The normalized spacial score (nSPS) is 10.6. The van der Waals surface area contributed by atoms with Crippen molar-refractivity contribution < 1.29 is 13.9 Å². The Morgan fingerprint density at radius 3 is 2.72 bits per heavy atom. The molecule has 0 bridgehead atoms. The van der Waals surface area contributed by atoms with Gasteiger partial charge in [-0.2, -0.15) is 0 Å². The van der Waals surface area contributed by atoms with Crippen LogP contribution in [0, 0.1) is 0 Å². The molecule has 5 nitrogen and oxygen atoms in total. The van der Waals surface area contributed by atoms with Crippen LogP contribution < -0.4 is 0 Å². The van der Waals surface area contributed by atoms with Crippen LogP contribution in [0.1, 0.15) is 5.89 Å². The van der Waals surface area contributed by atoms with E-state index in [1.165, 1.54) is 11.8 Å². The largest absolute Gasteiger partial charge is 0.455 e. The summed E-state index contributed by atoms with van der Waals surface area (Å²) in [5, 5.41) is 8.89. The molecule has 0 saturated heterocycles. The number of carbonyl (C=O) groups excluding carboxylic acids is 1. The van der Waals surface area contributed by atoms with Crippen LogP contribution in [-0.2, 0) is 16.1 Å². The molecule has 1 aromatic heterocycles. The van der Waals surface area contributed by atoms with Gasteiger partial charge < -0.3 is 9.15 Å². The Hall–Kier alpha value is -2.02. The molecular weight excluding hydrogens is 383 g/mol. The minimum Gasteiger partial charge on any atom is -0.455 e. The number of nitrogens with zero attached hydrogens (tertiary/aromatic N) is 2. The van der Waals surface area contributed by atoms with Crippen LogP contribution in [0.5, 0.6) is 0 Å². The molecule has 128 valence electrons. The number of hydrogen-bond donors (Lipinski definition) is 0. The van der Waals surface area contributed by atoms with E-state index < -0.39 is 5.97 Å². The maximum atomic E-state index is 11.9. The quantitative estimate of drug-likeness (QED) is 0.438. The Morgan fingerprint density at radius 1 is 1.12 bits per heavy atom. The first-order valence-electron chi connectivity index (χ1n) is 7.23. The standard InChI is InChI=1S/C17H12Cl2N2O3S/c18-12-6-7-13(19)14(8-12)25-10-16(22)23-9-15-20-21-17(24-15)11-4-2-1-3-5-11/h1-8H,9-10H2. The van der Waals surface area contributed by atoms with E-state index in [0.717, 1.165) is 10.5 Å². The summed E-state index contributed by atoms with van der Waals surface area (Å²) in [6.07, 6.45) is 0. The number of aromatic nitrogens is 2. The van der Waals surface area contributed by atoms with Crippen molar-refractivity contribution in [3.63, 3.8) is 0 Å². The minimum absolute atomic E-state index is 0.0808. The number of esters is 1. The molecular formula is C17H12Cl2N2O3S. The Bertz CT molecular complexity index is 871. The summed E-state index contributed by atoms with van der Waals surface area (Å²) in [6.45, 7) is -0.0808. The first-order chi connectivity index (χ1) is 12.1. The lowest BCUT2D eigenvalue weighted by atomic mass is 10.2. The number of benzene rings is 2. The van der Waals surface area contributed by atoms with Crippen LogP contribution in [0.15, 0.2) is 57.8 Å². The van der Waals surface area contributed by atoms with Crippen molar-refractivity contribution in [2.24, 2.45) is 0 Å². The number of thioether (sulfide) groups is 1. The van der Waals surface area contributed by atoms with Gasteiger partial charge >= 0.3 is 5.97 Å². The van der Waals surface area contributed by atoms with Crippen LogP contribution in [0.25, 0.3) is 11.5 Å². The molecule has 0 aliphatic heterocycles. The summed E-state index contributed by atoms with van der Waals surface area (Å²) in [7, 11) is 0. The molecule has 8 heteroatoms. The summed E-state index contributed by atoms with van der Waals surface area (Å²) >= 11 is 13.2. The molecule has 0 spiro atoms. The number of ether oxygens (including phenoxy) is 1. The van der Waals surface area contributed by atoms with E-state index in [2.05, 4.69) is 10.2 Å². The molecule has 3 aromatic rings. The lowest BCUT2D eigenvalue weighted by Crippen LogP contribution is -2.07. The number of rotatable bonds is 6. The molecule has 3 rings (SSSR count). The highest BCUT2D eigenvalue weighted by Crippen LogP contribution is 2.29. The average Bonchev–Trinajstić information content (AvgIpc) is 3.10. The molecule has 0 saturated carbocycles. The molecule has 25 heavy (non-hydrogen) atoms. The van der Waals surface area contributed by atoms with E-state index in [0.29, 0.717) is 15.9 Å². The fourth-order valence-electron chi connectivity index (χ4n) is 1.92. The van der Waals surface area contributed by atoms with Gasteiger partial charge in [-0.05, 0) is 30.3 Å². The van der Waals surface area contributed by atoms with Crippen molar-refractivity contribution >= 4 is 40.9 Å². The highest BCUT2D eigenvalue weighted by molar-refractivity contribution is 8.00. The van der Waals surface area contributed by atoms with E-state index in [1.54, 1.807) is 18.2 Å². The van der Waals surface area contributed by atoms with Crippen LogP contribution in [0.3, 0.4) is 0 Å². The van der Waals surface area contributed by atoms with Crippen molar-refractivity contribution in [1.82, 2.24) is 10.2 Å². The molecule has 0 N–H and O–H groups in total. The van der Waals surface area contributed by atoms with Crippen LogP contribution in [-0.4, -0.2) is 21.9 Å². The van der Waals surface area contributed by atoms with Crippen LogP contribution >= 0.6 is 35.0 Å². The monoisotopic (exact) mass is 394 g/mol. The zero-order valence-corrected chi connectivity index (χ0v) is 15.1. The van der Waals surface area contributed by atoms with Crippen molar-refractivity contribution in [3.8, 4) is 11.5 Å². The van der Waals surface area contributed by atoms with E-state index in [9.17, 15) is 4.79 Å². The molecule has 0 radical (unpaired) electrons. The van der Waals surface area contributed by atoms with Crippen molar-refractivity contribution in [2.45, 2.75) is 11.5 Å². The molecule has 2 aromatic carbocycles. The lowest BCUT2D eigenvalue weighted by Gasteiger charge is -2.04. The van der Waals surface area contributed by atoms with Crippen LogP contribution in [0.4, 0.5) is 0 Å². The van der Waals surface area contributed by atoms with E-state index >= 15 is 0 Å². The van der Waals surface area contributed by atoms with E-state index in [1.807, 2.05) is 30.3 Å². The third-order valence-corrected chi connectivity index (χ3v) is 4.79. The minimum atomic E-state index is -0.416. The second-order valence-electron chi connectivity index (χ2n) is 4.89. The summed E-state index contributed by atoms with van der Waals surface area (Å²) in [6, 6.07) is 14.4. The van der Waals surface area contributed by atoms with Crippen molar-refractivity contribution in [1.29, 1.82) is 0 Å². The summed E-state index contributed by atoms with van der Waals surface area (Å²) < 4.78 is 10.6. The van der Waals surface area contributed by atoms with Gasteiger partial charge in [-0.1, -0.05) is 41.4 Å². The van der Waals surface area contributed by atoms with Crippen LogP contribution in [0.2, 0.25) is 10.0 Å². The average molecular weight is 395 g/mol. The van der Waals surface area contributed by atoms with Gasteiger partial charge in [0.05, 0.1) is 10.8 Å². The molecule has 0 amide bonds. The maximum Gasteiger partial charge on any atom is 0.316 e. The predicted octanol–water partition coefficient (Wildman–Crippen LogP) is 4.88. The molecule has 0 atom stereocenters. The second-order valence-corrected chi connectivity index (χ2v) is 6.75. The topological polar surface area (TPSA) is 65.2 Å². The smallest absolute Gasteiger partial charge is 0.316 e. The number of halogens is 2. The van der Waals surface area contributed by atoms with Gasteiger partial charge in [0, 0.05) is 15.5 Å². The van der Waals surface area contributed by atoms with Gasteiger partial charge in [0.15, 0.2) is 6.61 Å². The van der Waals surface area contributed by atoms with Gasteiger partial charge in [0.2, 0.25) is 5.89 Å². The highest BCUT2D eigenvalue weighted by Gasteiger charge is 2.12. The molecule has 0 aliphatic rings. The Balaban J connectivity index is 1.51. The van der Waals surface area contributed by atoms with Crippen molar-refractivity contribution in [3.05, 3.63) is 64.5 Å². The zero-order chi connectivity index (χ0) is 17.6. The summed E-state index contributed by atoms with van der Waals surface area (Å²) in [5.74, 6) is 0.296. The lowest BCUT2D eigenvalue weighted by molar-refractivity contribution is -0.142. The van der Waals surface area contributed by atoms with Gasteiger partial charge in [-0.3, -0.25) is 4.79 Å². The third kappa shape index (κ3) is 4.98. The third-order valence-electron chi connectivity index (χ3n) is 3.08. The van der Waals surface area contributed by atoms with Gasteiger partial charge in [-0.25, -0.2) is 0 Å². The molecule has 0 fully saturated rings. The number of carbonyl (C=O) groups is 1. The summed E-state index contributed by atoms with van der Waals surface area (Å²) in [5.41, 5.74) is 0.804.